The van der Waals surface area contributed by atoms with E-state index in [0.29, 0.717) is 5.92 Å². The average molecular weight is 599 g/mol. The lowest BCUT2D eigenvalue weighted by atomic mass is 9.79. The van der Waals surface area contributed by atoms with Crippen molar-refractivity contribution in [1.29, 1.82) is 0 Å². The summed E-state index contributed by atoms with van der Waals surface area (Å²) >= 11 is 0. The van der Waals surface area contributed by atoms with Crippen LogP contribution in [0.3, 0.4) is 0 Å². The number of benzene rings is 7. The Morgan fingerprint density at radius 3 is 1.85 bits per heavy atom. The molecule has 220 valence electrons. The Bertz CT molecular complexity index is 2570. The maximum atomic E-state index is 6.71. The zero-order valence-electron chi connectivity index (χ0n) is 25.7. The molecule has 1 nitrogen and oxygen atoms in total. The van der Waals surface area contributed by atoms with Crippen molar-refractivity contribution in [2.75, 3.05) is 0 Å². The van der Waals surface area contributed by atoms with Crippen molar-refractivity contribution in [3.63, 3.8) is 0 Å². The Hall–Kier alpha value is -5.92. The smallest absolute Gasteiger partial charge is 0.135 e. The fraction of sp³-hybridized carbons (Fsp3) is 0.0435. The van der Waals surface area contributed by atoms with Crippen molar-refractivity contribution in [2.24, 2.45) is 5.92 Å². The molecule has 47 heavy (non-hydrogen) atoms. The van der Waals surface area contributed by atoms with Crippen molar-refractivity contribution >= 4 is 49.4 Å². The van der Waals surface area contributed by atoms with Crippen LogP contribution in [-0.4, -0.2) is 0 Å². The highest BCUT2D eigenvalue weighted by molar-refractivity contribution is 6.25. The zero-order valence-corrected chi connectivity index (χ0v) is 25.7. The van der Waals surface area contributed by atoms with Gasteiger partial charge in [-0.1, -0.05) is 152 Å². The maximum Gasteiger partial charge on any atom is 0.135 e. The molecule has 10 rings (SSSR count). The lowest BCUT2D eigenvalue weighted by Crippen LogP contribution is -2.11. The molecule has 0 bridgehead atoms. The summed E-state index contributed by atoms with van der Waals surface area (Å²) in [6, 6.07) is 48.8. The summed E-state index contributed by atoms with van der Waals surface area (Å²) in [4.78, 5) is 0. The van der Waals surface area contributed by atoms with Gasteiger partial charge in [0.25, 0.3) is 0 Å². The molecular formula is C46H30O. The van der Waals surface area contributed by atoms with E-state index in [0.717, 1.165) is 11.3 Å². The third-order valence-electron chi connectivity index (χ3n) is 10.2. The molecule has 1 heteroatoms. The Morgan fingerprint density at radius 1 is 0.468 bits per heavy atom. The number of fused-ring (bicyclic) bond motifs is 8. The van der Waals surface area contributed by atoms with Crippen molar-refractivity contribution in [3.05, 3.63) is 175 Å². The van der Waals surface area contributed by atoms with E-state index in [2.05, 4.69) is 170 Å². The Balaban J connectivity index is 1.31. The minimum Gasteiger partial charge on any atom is -0.460 e. The molecule has 0 fully saturated rings. The first-order valence-corrected chi connectivity index (χ1v) is 16.4. The van der Waals surface area contributed by atoms with Crippen LogP contribution in [0.5, 0.6) is 0 Å². The van der Waals surface area contributed by atoms with Crippen LogP contribution in [-0.2, 0) is 0 Å². The normalized spacial score (nSPS) is 16.7. The largest absolute Gasteiger partial charge is 0.460 e. The van der Waals surface area contributed by atoms with Crippen LogP contribution < -0.4 is 0 Å². The summed E-state index contributed by atoms with van der Waals surface area (Å²) in [5.41, 5.74) is 9.60. The molecule has 0 radical (unpaired) electrons. The second-order valence-electron chi connectivity index (χ2n) is 12.7. The van der Waals surface area contributed by atoms with Gasteiger partial charge in [0.1, 0.15) is 11.3 Å². The molecular weight excluding hydrogens is 569 g/mol. The van der Waals surface area contributed by atoms with E-state index in [1.807, 2.05) is 0 Å². The number of allylic oxidation sites excluding steroid dienone is 5. The van der Waals surface area contributed by atoms with E-state index >= 15 is 0 Å². The van der Waals surface area contributed by atoms with E-state index in [1.54, 1.807) is 0 Å². The van der Waals surface area contributed by atoms with Crippen molar-refractivity contribution in [2.45, 2.75) is 5.92 Å². The first-order valence-electron chi connectivity index (χ1n) is 16.4. The predicted octanol–water partition coefficient (Wildman–Crippen LogP) is 12.7. The Labute approximate surface area is 273 Å². The van der Waals surface area contributed by atoms with Crippen LogP contribution in [0.2, 0.25) is 0 Å². The molecule has 2 unspecified atom stereocenters. The van der Waals surface area contributed by atoms with Gasteiger partial charge in [-0.15, -0.1) is 0 Å². The molecule has 1 aromatic heterocycles. The molecule has 0 aliphatic heterocycles. The number of rotatable bonds is 3. The van der Waals surface area contributed by atoms with Gasteiger partial charge < -0.3 is 4.42 Å². The summed E-state index contributed by atoms with van der Waals surface area (Å²) in [6.07, 6.45) is 13.5. The molecule has 0 N–H and O–H groups in total. The molecule has 0 spiro atoms. The van der Waals surface area contributed by atoms with Gasteiger partial charge >= 0.3 is 0 Å². The number of furan rings is 1. The van der Waals surface area contributed by atoms with Crippen LogP contribution >= 0.6 is 0 Å². The second kappa shape index (κ2) is 10.3. The van der Waals surface area contributed by atoms with Crippen LogP contribution in [0.4, 0.5) is 0 Å². The molecule has 0 saturated heterocycles. The molecule has 2 atom stereocenters. The fourth-order valence-corrected chi connectivity index (χ4v) is 8.11. The second-order valence-corrected chi connectivity index (χ2v) is 12.7. The topological polar surface area (TPSA) is 13.1 Å². The summed E-state index contributed by atoms with van der Waals surface area (Å²) in [5, 5.41) is 8.69. The van der Waals surface area contributed by atoms with Gasteiger partial charge in [-0.2, -0.15) is 0 Å². The standard InChI is InChI=1S/C46H30O/c1-2-13-29(14-3-1)32-27-31-16-5-6-17-33(31)41(28-32)44-37-21-10-8-19-35(37)43(36-20-9-11-22-38(36)44)39-23-12-24-42-45(39)40-26-25-30-15-4-7-18-34(30)46(40)47-42/h1-28,30,34H. The van der Waals surface area contributed by atoms with Gasteiger partial charge in [0, 0.05) is 22.8 Å². The van der Waals surface area contributed by atoms with E-state index < -0.39 is 0 Å². The predicted molar refractivity (Wildman–Crippen MR) is 199 cm³/mol. The van der Waals surface area contributed by atoms with Crippen molar-refractivity contribution < 1.29 is 4.42 Å². The highest BCUT2D eigenvalue weighted by Crippen LogP contribution is 2.50. The van der Waals surface area contributed by atoms with Crippen LogP contribution in [0.15, 0.2) is 168 Å². The highest BCUT2D eigenvalue weighted by Gasteiger charge is 2.30. The molecule has 0 saturated carbocycles. The van der Waals surface area contributed by atoms with Gasteiger partial charge in [0.2, 0.25) is 0 Å². The molecule has 8 aromatic rings. The van der Waals surface area contributed by atoms with Crippen LogP contribution in [0.25, 0.3) is 82.7 Å². The van der Waals surface area contributed by atoms with Crippen LogP contribution in [0, 0.1) is 5.92 Å². The third kappa shape index (κ3) is 3.96. The first kappa shape index (κ1) is 26.3. The number of hydrogen-bond donors (Lipinski definition) is 0. The lowest BCUT2D eigenvalue weighted by molar-refractivity contribution is 0.492. The minimum absolute atomic E-state index is 0.223. The zero-order chi connectivity index (χ0) is 30.9. The van der Waals surface area contributed by atoms with Crippen molar-refractivity contribution in [3.8, 4) is 33.4 Å². The highest BCUT2D eigenvalue weighted by atomic mass is 16.3. The SMILES string of the molecule is C1=CC2C=Cc3c(oc4cccc(-c5c6ccccc6c(-c6cc(-c7ccccc7)cc7ccccc67)c6ccccc56)c34)C2C=C1. The maximum absolute atomic E-state index is 6.71. The van der Waals surface area contributed by atoms with Gasteiger partial charge in [-0.05, 0) is 83.9 Å². The monoisotopic (exact) mass is 598 g/mol. The summed E-state index contributed by atoms with van der Waals surface area (Å²) in [5.74, 6) is 1.62. The Kier molecular flexibility index (Phi) is 5.77. The first-order chi connectivity index (χ1) is 23.3. The van der Waals surface area contributed by atoms with E-state index in [1.165, 1.54) is 76.6 Å². The number of hydrogen-bond acceptors (Lipinski definition) is 1. The van der Waals surface area contributed by atoms with Gasteiger partial charge in [0.05, 0.1) is 0 Å². The van der Waals surface area contributed by atoms with Crippen LogP contribution in [0.1, 0.15) is 17.2 Å². The quantitative estimate of drug-likeness (QED) is 0.184. The van der Waals surface area contributed by atoms with E-state index in [-0.39, 0.29) is 5.92 Å². The summed E-state index contributed by atoms with van der Waals surface area (Å²) < 4.78 is 6.71. The summed E-state index contributed by atoms with van der Waals surface area (Å²) in [6.45, 7) is 0. The third-order valence-corrected chi connectivity index (χ3v) is 10.2. The van der Waals surface area contributed by atoms with Crippen molar-refractivity contribution in [1.82, 2.24) is 0 Å². The Morgan fingerprint density at radius 2 is 1.11 bits per heavy atom. The van der Waals surface area contributed by atoms with Gasteiger partial charge in [-0.25, -0.2) is 0 Å². The molecule has 7 aromatic carbocycles. The minimum atomic E-state index is 0.223. The average Bonchev–Trinajstić information content (AvgIpc) is 3.54. The van der Waals surface area contributed by atoms with E-state index in [4.69, 9.17) is 4.42 Å². The van der Waals surface area contributed by atoms with E-state index in [9.17, 15) is 0 Å². The van der Waals surface area contributed by atoms with Gasteiger partial charge in [0.15, 0.2) is 0 Å². The molecule has 0 amide bonds. The van der Waals surface area contributed by atoms with Gasteiger partial charge in [-0.3, -0.25) is 0 Å². The molecule has 2 aliphatic carbocycles. The molecule has 1 heterocycles. The summed E-state index contributed by atoms with van der Waals surface area (Å²) in [7, 11) is 0. The fourth-order valence-electron chi connectivity index (χ4n) is 8.11. The lowest BCUT2D eigenvalue weighted by Gasteiger charge is -2.23. The molecule has 2 aliphatic rings.